The number of nitrogens with one attached hydrogen (secondary N) is 1. The highest BCUT2D eigenvalue weighted by atomic mass is 35.5. The molecule has 6 heteroatoms. The number of aromatic amines is 1. The van der Waals surface area contributed by atoms with Gasteiger partial charge in [-0.3, -0.25) is 5.10 Å². The second-order valence-electron chi connectivity index (χ2n) is 9.23. The van der Waals surface area contributed by atoms with Gasteiger partial charge in [0.2, 0.25) is 0 Å². The number of H-pyrrole nitrogens is 1. The summed E-state index contributed by atoms with van der Waals surface area (Å²) in [6, 6.07) is 10.6. The first kappa shape index (κ1) is 20.5. The van der Waals surface area contributed by atoms with Crippen LogP contribution in [0.3, 0.4) is 0 Å². The molecule has 166 valence electrons. The summed E-state index contributed by atoms with van der Waals surface area (Å²) in [6.07, 6.45) is 16.6. The van der Waals surface area contributed by atoms with Gasteiger partial charge in [0.25, 0.3) is 0 Å². The molecular weight excluding hydrogens is 430 g/mol. The number of aromatic nitrogens is 4. The first-order valence-electron chi connectivity index (χ1n) is 11.5. The lowest BCUT2D eigenvalue weighted by molar-refractivity contribution is 0.253. The molecule has 3 aromatic heterocycles. The van der Waals surface area contributed by atoms with Crippen LogP contribution < -0.4 is 5.73 Å². The van der Waals surface area contributed by atoms with Crippen LogP contribution in [0, 0.1) is 6.92 Å². The van der Waals surface area contributed by atoms with Crippen LogP contribution in [0.25, 0.3) is 28.2 Å². The van der Waals surface area contributed by atoms with Crippen molar-refractivity contribution in [1.82, 2.24) is 19.6 Å². The number of hydrogen-bond acceptors (Lipinski definition) is 3. The highest BCUT2D eigenvalue weighted by molar-refractivity contribution is 6.31. The van der Waals surface area contributed by atoms with E-state index in [1.807, 2.05) is 19.2 Å². The van der Waals surface area contributed by atoms with E-state index in [1.54, 1.807) is 6.20 Å². The molecule has 5 nitrogen and oxygen atoms in total. The first-order chi connectivity index (χ1) is 16.0. The SMILES string of the molecule is Cc1c(Cl)cn2c(C3C=CC=CC3)c(-c3ccc(C4(N)CCC4)cc3)nc2c1-c1ccn[nH]1. The van der Waals surface area contributed by atoms with E-state index in [2.05, 4.69) is 63.2 Å². The van der Waals surface area contributed by atoms with Crippen LogP contribution in [0.1, 0.15) is 48.4 Å². The minimum Gasteiger partial charge on any atom is -0.321 e. The van der Waals surface area contributed by atoms with Gasteiger partial charge in [-0.25, -0.2) is 4.98 Å². The molecule has 1 fully saturated rings. The average Bonchev–Trinajstić information content (AvgIpc) is 3.47. The predicted molar refractivity (Wildman–Crippen MR) is 133 cm³/mol. The van der Waals surface area contributed by atoms with E-state index in [0.717, 1.165) is 58.7 Å². The quantitative estimate of drug-likeness (QED) is 0.379. The van der Waals surface area contributed by atoms with Crippen molar-refractivity contribution in [3.63, 3.8) is 0 Å². The van der Waals surface area contributed by atoms with Gasteiger partial charge in [-0.05, 0) is 49.8 Å². The number of benzene rings is 1. The number of imidazole rings is 1. The predicted octanol–water partition coefficient (Wildman–Crippen LogP) is 6.29. The number of pyridine rings is 1. The highest BCUT2D eigenvalue weighted by Crippen LogP contribution is 2.42. The molecule has 1 saturated carbocycles. The van der Waals surface area contributed by atoms with Crippen molar-refractivity contribution in [2.75, 3.05) is 0 Å². The summed E-state index contributed by atoms with van der Waals surface area (Å²) in [6.45, 7) is 2.03. The molecule has 2 aliphatic carbocycles. The molecule has 1 atom stereocenters. The van der Waals surface area contributed by atoms with Crippen molar-refractivity contribution in [2.45, 2.75) is 44.1 Å². The number of nitrogens with zero attached hydrogens (tertiary/aromatic N) is 3. The molecule has 3 heterocycles. The fourth-order valence-electron chi connectivity index (χ4n) is 5.12. The van der Waals surface area contributed by atoms with Crippen LogP contribution in [0.4, 0.5) is 0 Å². The van der Waals surface area contributed by atoms with Crippen molar-refractivity contribution in [1.29, 1.82) is 0 Å². The van der Waals surface area contributed by atoms with Crippen LogP contribution in [0.5, 0.6) is 0 Å². The molecule has 3 N–H and O–H groups in total. The second kappa shape index (κ2) is 7.72. The van der Waals surface area contributed by atoms with Crippen LogP contribution in [0.2, 0.25) is 5.02 Å². The summed E-state index contributed by atoms with van der Waals surface area (Å²) in [5.74, 6) is 0.209. The summed E-state index contributed by atoms with van der Waals surface area (Å²) in [5.41, 5.74) is 14.6. The van der Waals surface area contributed by atoms with Crippen LogP contribution in [-0.2, 0) is 5.54 Å². The summed E-state index contributed by atoms with van der Waals surface area (Å²) >= 11 is 6.74. The lowest BCUT2D eigenvalue weighted by Gasteiger charge is -2.38. The minimum atomic E-state index is -0.171. The van der Waals surface area contributed by atoms with Gasteiger partial charge in [0.1, 0.15) is 5.65 Å². The molecule has 4 aromatic rings. The standard InChI is InChI=1S/C27H26ClN5/c1-17-21(28)16-33-25(19-6-3-2-4-7-19)24(31-26(33)23(17)22-12-15-30-32-22)18-8-10-20(11-9-18)27(29)13-5-14-27/h2-4,6,8-12,15-16,19H,5,7,13-14,29H2,1H3,(H,30,32). The van der Waals surface area contributed by atoms with Crippen molar-refractivity contribution in [2.24, 2.45) is 5.73 Å². The molecular formula is C27H26ClN5. The Hall–Kier alpha value is -3.15. The molecule has 0 saturated heterocycles. The molecule has 33 heavy (non-hydrogen) atoms. The number of fused-ring (bicyclic) bond motifs is 1. The van der Waals surface area contributed by atoms with Gasteiger partial charge in [0, 0.05) is 35.0 Å². The summed E-state index contributed by atoms with van der Waals surface area (Å²) in [4.78, 5) is 5.21. The molecule has 6 rings (SSSR count). The number of halogens is 1. The summed E-state index contributed by atoms with van der Waals surface area (Å²) in [7, 11) is 0. The van der Waals surface area contributed by atoms with E-state index >= 15 is 0 Å². The lowest BCUT2D eigenvalue weighted by atomic mass is 9.72. The van der Waals surface area contributed by atoms with Gasteiger partial charge >= 0.3 is 0 Å². The van der Waals surface area contributed by atoms with E-state index < -0.39 is 0 Å². The molecule has 0 aliphatic heterocycles. The van der Waals surface area contributed by atoms with Crippen molar-refractivity contribution < 1.29 is 0 Å². The molecule has 1 aromatic carbocycles. The van der Waals surface area contributed by atoms with Gasteiger partial charge in [-0.1, -0.05) is 60.2 Å². The number of allylic oxidation sites excluding steroid dienone is 4. The fraction of sp³-hybridized carbons (Fsp3) is 0.259. The van der Waals surface area contributed by atoms with E-state index in [4.69, 9.17) is 22.3 Å². The van der Waals surface area contributed by atoms with E-state index in [0.29, 0.717) is 5.02 Å². The van der Waals surface area contributed by atoms with Crippen molar-refractivity contribution in [3.05, 3.63) is 88.9 Å². The number of hydrogen-bond donors (Lipinski definition) is 2. The molecule has 0 bridgehead atoms. The minimum absolute atomic E-state index is 0.171. The Morgan fingerprint density at radius 1 is 1.15 bits per heavy atom. The van der Waals surface area contributed by atoms with Crippen LogP contribution in [-0.4, -0.2) is 19.6 Å². The third-order valence-corrected chi connectivity index (χ3v) is 7.61. The molecule has 2 aliphatic rings. The van der Waals surface area contributed by atoms with Crippen LogP contribution in [0.15, 0.2) is 67.0 Å². The Bertz CT molecular complexity index is 1390. The van der Waals surface area contributed by atoms with E-state index in [-0.39, 0.29) is 11.5 Å². The van der Waals surface area contributed by atoms with E-state index in [9.17, 15) is 0 Å². The van der Waals surface area contributed by atoms with Crippen molar-refractivity contribution >= 4 is 17.2 Å². The Kier molecular flexibility index (Phi) is 4.78. The third-order valence-electron chi connectivity index (χ3n) is 7.23. The maximum atomic E-state index is 6.74. The lowest BCUT2D eigenvalue weighted by Crippen LogP contribution is -2.43. The topological polar surface area (TPSA) is 72.0 Å². The number of rotatable bonds is 4. The highest BCUT2D eigenvalue weighted by Gasteiger charge is 2.34. The normalized spacial score (nSPS) is 19.2. The molecule has 1 unspecified atom stereocenters. The smallest absolute Gasteiger partial charge is 0.147 e. The fourth-order valence-corrected chi connectivity index (χ4v) is 5.32. The van der Waals surface area contributed by atoms with Gasteiger partial charge in [0.05, 0.1) is 22.1 Å². The van der Waals surface area contributed by atoms with Gasteiger partial charge in [-0.2, -0.15) is 5.10 Å². The maximum Gasteiger partial charge on any atom is 0.147 e. The first-order valence-corrected chi connectivity index (χ1v) is 11.9. The molecule has 0 radical (unpaired) electrons. The Labute approximate surface area is 198 Å². The van der Waals surface area contributed by atoms with Crippen LogP contribution >= 0.6 is 11.6 Å². The van der Waals surface area contributed by atoms with Crippen molar-refractivity contribution in [3.8, 4) is 22.5 Å². The largest absolute Gasteiger partial charge is 0.321 e. The Balaban J connectivity index is 1.58. The zero-order valence-electron chi connectivity index (χ0n) is 18.6. The van der Waals surface area contributed by atoms with E-state index in [1.165, 1.54) is 12.0 Å². The Morgan fingerprint density at radius 3 is 2.61 bits per heavy atom. The molecule has 0 spiro atoms. The maximum absolute atomic E-state index is 6.74. The second-order valence-corrected chi connectivity index (χ2v) is 9.64. The monoisotopic (exact) mass is 455 g/mol. The zero-order valence-corrected chi connectivity index (χ0v) is 19.3. The third kappa shape index (κ3) is 3.26. The van der Waals surface area contributed by atoms with Gasteiger partial charge < -0.3 is 10.1 Å². The average molecular weight is 456 g/mol. The number of nitrogens with two attached hydrogens (primary N) is 1. The summed E-state index contributed by atoms with van der Waals surface area (Å²) < 4.78 is 2.17. The van der Waals surface area contributed by atoms with Gasteiger partial charge in [-0.15, -0.1) is 0 Å². The Morgan fingerprint density at radius 2 is 1.97 bits per heavy atom. The van der Waals surface area contributed by atoms with Gasteiger partial charge in [0.15, 0.2) is 0 Å². The zero-order chi connectivity index (χ0) is 22.6. The summed E-state index contributed by atoms with van der Waals surface area (Å²) in [5, 5.41) is 7.97. The molecule has 0 amide bonds.